The maximum Gasteiger partial charge on any atom is 0.270 e. The average molecular weight is 297 g/mol. The summed E-state index contributed by atoms with van der Waals surface area (Å²) in [6, 6.07) is 0. The summed E-state index contributed by atoms with van der Waals surface area (Å²) in [5.74, 6) is -1.58. The first-order valence-electron chi connectivity index (χ1n) is 7.36. The number of rotatable bonds is 4. The van der Waals surface area contributed by atoms with Crippen LogP contribution in [0, 0.1) is 5.92 Å². The molecule has 1 spiro atoms. The van der Waals surface area contributed by atoms with Crippen LogP contribution in [0.3, 0.4) is 0 Å². The summed E-state index contributed by atoms with van der Waals surface area (Å²) in [6.45, 7) is 5.88. The molecule has 21 heavy (non-hydrogen) atoms. The molecule has 0 bridgehead atoms. The van der Waals surface area contributed by atoms with E-state index in [2.05, 4.69) is 0 Å². The van der Waals surface area contributed by atoms with E-state index in [0.717, 1.165) is 11.3 Å². The Kier molecular flexibility index (Phi) is 3.73. The number of nitrogens with zero attached hydrogens (tertiary/aromatic N) is 2. The van der Waals surface area contributed by atoms with E-state index in [0.29, 0.717) is 13.0 Å². The summed E-state index contributed by atoms with van der Waals surface area (Å²) in [7, 11) is 0. The fourth-order valence-electron chi connectivity index (χ4n) is 3.26. The van der Waals surface area contributed by atoms with Crippen molar-refractivity contribution in [1.29, 1.82) is 0 Å². The van der Waals surface area contributed by atoms with Crippen molar-refractivity contribution in [3.8, 4) is 0 Å². The van der Waals surface area contributed by atoms with E-state index in [1.807, 2.05) is 0 Å². The molecule has 2 saturated heterocycles. The highest BCUT2D eigenvalue weighted by molar-refractivity contribution is 6.01. The van der Waals surface area contributed by atoms with Gasteiger partial charge in [0.1, 0.15) is 5.54 Å². The number of β-lactam (4-membered cyclic amide) rings is 1. The maximum atomic E-state index is 12.6. The summed E-state index contributed by atoms with van der Waals surface area (Å²) >= 11 is 0. The molecule has 3 N–H and O–H groups in total. The van der Waals surface area contributed by atoms with Gasteiger partial charge in [0.25, 0.3) is 11.8 Å². The topological polar surface area (TPSA) is 104 Å². The summed E-state index contributed by atoms with van der Waals surface area (Å²) in [5.41, 5.74) is 2.37. The van der Waals surface area contributed by atoms with Crippen molar-refractivity contribution in [1.82, 2.24) is 9.80 Å². The van der Waals surface area contributed by atoms with Crippen LogP contribution in [0.25, 0.3) is 0 Å². The van der Waals surface area contributed by atoms with Gasteiger partial charge in [-0.05, 0) is 12.8 Å². The molecule has 118 valence electrons. The van der Waals surface area contributed by atoms with Crippen LogP contribution < -0.4 is 5.73 Å². The SMILES string of the molecule is CCC(O)(C(N)=O)N1C[C@]2(CCCN2C(=O)C(C)C)C1=O. The van der Waals surface area contributed by atoms with Gasteiger partial charge in [-0.3, -0.25) is 14.4 Å². The number of carbonyl (C=O) groups is 3. The lowest BCUT2D eigenvalue weighted by Gasteiger charge is -2.55. The van der Waals surface area contributed by atoms with Crippen molar-refractivity contribution >= 4 is 17.7 Å². The lowest BCUT2D eigenvalue weighted by atomic mass is 9.82. The second-order valence-electron chi connectivity index (χ2n) is 6.21. The number of nitrogens with two attached hydrogens (primary N) is 1. The molecular weight excluding hydrogens is 274 g/mol. The van der Waals surface area contributed by atoms with E-state index >= 15 is 0 Å². The van der Waals surface area contributed by atoms with Gasteiger partial charge in [-0.25, -0.2) is 0 Å². The number of hydrogen-bond donors (Lipinski definition) is 2. The zero-order valence-corrected chi connectivity index (χ0v) is 12.8. The van der Waals surface area contributed by atoms with E-state index in [9.17, 15) is 19.5 Å². The summed E-state index contributed by atoms with van der Waals surface area (Å²) < 4.78 is 0. The van der Waals surface area contributed by atoms with Crippen molar-refractivity contribution in [3.05, 3.63) is 0 Å². The highest BCUT2D eigenvalue weighted by atomic mass is 16.3. The summed E-state index contributed by atoms with van der Waals surface area (Å²) in [5, 5.41) is 10.3. The molecule has 0 aromatic heterocycles. The second kappa shape index (κ2) is 4.98. The monoisotopic (exact) mass is 297 g/mol. The molecule has 2 atom stereocenters. The first-order chi connectivity index (χ1) is 9.70. The zero-order valence-electron chi connectivity index (χ0n) is 12.8. The molecule has 2 aliphatic rings. The van der Waals surface area contributed by atoms with E-state index in [4.69, 9.17) is 5.73 Å². The quantitative estimate of drug-likeness (QED) is 0.678. The van der Waals surface area contributed by atoms with Gasteiger partial charge in [0.2, 0.25) is 11.6 Å². The number of carbonyl (C=O) groups excluding carboxylic acids is 3. The molecule has 0 aliphatic carbocycles. The van der Waals surface area contributed by atoms with E-state index in [1.165, 1.54) is 0 Å². The van der Waals surface area contributed by atoms with E-state index in [1.54, 1.807) is 25.7 Å². The molecule has 2 fully saturated rings. The van der Waals surface area contributed by atoms with Gasteiger partial charge in [0.15, 0.2) is 0 Å². The van der Waals surface area contributed by atoms with Crippen LogP contribution in [0.4, 0.5) is 0 Å². The summed E-state index contributed by atoms with van der Waals surface area (Å²) in [6.07, 6.45) is 1.35. The Morgan fingerprint density at radius 2 is 2.10 bits per heavy atom. The molecule has 7 nitrogen and oxygen atoms in total. The van der Waals surface area contributed by atoms with Gasteiger partial charge in [0, 0.05) is 18.9 Å². The zero-order chi connectivity index (χ0) is 16.0. The van der Waals surface area contributed by atoms with Crippen molar-refractivity contribution < 1.29 is 19.5 Å². The smallest absolute Gasteiger partial charge is 0.270 e. The molecule has 3 amide bonds. The van der Waals surface area contributed by atoms with Gasteiger partial charge >= 0.3 is 0 Å². The fourth-order valence-corrected chi connectivity index (χ4v) is 3.26. The average Bonchev–Trinajstić information content (AvgIpc) is 2.89. The minimum absolute atomic E-state index is 0.0300. The van der Waals surface area contributed by atoms with Crippen molar-refractivity contribution in [2.24, 2.45) is 11.7 Å². The first kappa shape index (κ1) is 15.8. The fraction of sp³-hybridized carbons (Fsp3) is 0.786. The first-order valence-corrected chi connectivity index (χ1v) is 7.36. The molecule has 0 saturated carbocycles. The minimum atomic E-state index is -1.96. The summed E-state index contributed by atoms with van der Waals surface area (Å²) in [4.78, 5) is 39.0. The third-order valence-electron chi connectivity index (χ3n) is 4.65. The Labute approximate surface area is 124 Å². The molecule has 7 heteroatoms. The predicted octanol–water partition coefficient (Wildman–Crippen LogP) is -0.570. The number of primary amides is 1. The van der Waals surface area contributed by atoms with Crippen LogP contribution in [0.1, 0.15) is 40.0 Å². The molecule has 2 rings (SSSR count). The number of aliphatic hydroxyl groups is 1. The van der Waals surface area contributed by atoms with Gasteiger partial charge in [-0.15, -0.1) is 0 Å². The molecule has 1 unspecified atom stereocenters. The van der Waals surface area contributed by atoms with Gasteiger partial charge in [-0.2, -0.15) is 0 Å². The van der Waals surface area contributed by atoms with Crippen molar-refractivity contribution in [2.75, 3.05) is 13.1 Å². The number of amides is 3. The third kappa shape index (κ3) is 2.02. The van der Waals surface area contributed by atoms with Crippen LogP contribution in [-0.2, 0) is 14.4 Å². The molecule has 0 radical (unpaired) electrons. The Bertz CT molecular complexity index is 493. The Hall–Kier alpha value is -1.63. The normalized spacial score (nSPS) is 28.0. The van der Waals surface area contributed by atoms with Crippen LogP contribution in [-0.4, -0.2) is 57.0 Å². The predicted molar refractivity (Wildman–Crippen MR) is 74.7 cm³/mol. The highest BCUT2D eigenvalue weighted by Crippen LogP contribution is 2.42. The molecule has 2 aliphatic heterocycles. The largest absolute Gasteiger partial charge is 0.365 e. The second-order valence-corrected chi connectivity index (χ2v) is 6.21. The van der Waals surface area contributed by atoms with Crippen LogP contribution in [0.5, 0.6) is 0 Å². The molecule has 2 heterocycles. The van der Waals surface area contributed by atoms with Gasteiger partial charge < -0.3 is 20.6 Å². The number of likely N-dealkylation sites (tertiary alicyclic amines) is 2. The molecule has 0 aromatic carbocycles. The van der Waals surface area contributed by atoms with E-state index < -0.39 is 17.2 Å². The maximum absolute atomic E-state index is 12.6. The lowest BCUT2D eigenvalue weighted by molar-refractivity contribution is -0.205. The standard InChI is InChI=1S/C14H23N3O4/c1-4-14(21,11(15)19)17-8-13(12(17)20)6-5-7-16(13)10(18)9(2)3/h9,21H,4-8H2,1-3H3,(H2,15,19)/t13-,14?/m1/s1. The molecule has 0 aromatic rings. The third-order valence-corrected chi connectivity index (χ3v) is 4.65. The van der Waals surface area contributed by atoms with Crippen LogP contribution in [0.2, 0.25) is 0 Å². The minimum Gasteiger partial charge on any atom is -0.365 e. The van der Waals surface area contributed by atoms with Gasteiger partial charge in [-0.1, -0.05) is 20.8 Å². The van der Waals surface area contributed by atoms with Crippen LogP contribution >= 0.6 is 0 Å². The van der Waals surface area contributed by atoms with Crippen LogP contribution in [0.15, 0.2) is 0 Å². The van der Waals surface area contributed by atoms with E-state index in [-0.39, 0.29) is 30.7 Å². The highest BCUT2D eigenvalue weighted by Gasteiger charge is 2.64. The Balaban J connectivity index is 2.24. The Morgan fingerprint density at radius 1 is 1.48 bits per heavy atom. The van der Waals surface area contributed by atoms with Crippen molar-refractivity contribution in [3.63, 3.8) is 0 Å². The van der Waals surface area contributed by atoms with Gasteiger partial charge in [0.05, 0.1) is 6.54 Å². The van der Waals surface area contributed by atoms with Crippen molar-refractivity contribution in [2.45, 2.75) is 51.3 Å². The lowest BCUT2D eigenvalue weighted by Crippen LogP contribution is -2.79. The molecular formula is C14H23N3O4. The Morgan fingerprint density at radius 3 is 2.52 bits per heavy atom. The number of hydrogen-bond acceptors (Lipinski definition) is 4.